The van der Waals surface area contributed by atoms with Crippen molar-refractivity contribution in [1.82, 2.24) is 0 Å². The predicted molar refractivity (Wildman–Crippen MR) is 83.6 cm³/mol. The molecule has 3 rings (SSSR count). The zero-order valence-corrected chi connectivity index (χ0v) is 15.7. The Labute approximate surface area is 175 Å². The van der Waals surface area contributed by atoms with Gasteiger partial charge in [-0.25, -0.2) is 0 Å². The predicted octanol–water partition coefficient (Wildman–Crippen LogP) is -0.337. The molecule has 0 saturated heterocycles. The van der Waals surface area contributed by atoms with Crippen molar-refractivity contribution < 1.29 is 66.4 Å². The van der Waals surface area contributed by atoms with E-state index in [0.29, 0.717) is 11.3 Å². The third-order valence-electron chi connectivity index (χ3n) is 3.39. The first-order valence-electron chi connectivity index (χ1n) is 6.71. The van der Waals surface area contributed by atoms with E-state index in [1.807, 2.05) is 30.3 Å². The Balaban J connectivity index is 0.00000192. The first-order valence-corrected chi connectivity index (χ1v) is 6.71. The molecule has 0 amide bonds. The molecular formula is C18H12KNO3. The molecule has 4 nitrogen and oxygen atoms in total. The first kappa shape index (κ1) is 17.8. The number of carbonyl (C=O) groups excluding carboxylic acids is 1. The van der Waals surface area contributed by atoms with Crippen molar-refractivity contribution in [2.45, 2.75) is 0 Å². The molecule has 0 aliphatic rings. The summed E-state index contributed by atoms with van der Waals surface area (Å²) in [4.78, 5) is 15.0. The molecule has 3 aromatic rings. The summed E-state index contributed by atoms with van der Waals surface area (Å²) in [5.74, 6) is -1.07. The Hall–Kier alpha value is -1.50. The number of aliphatic imine (C=N–C) groups is 1. The zero-order valence-electron chi connectivity index (χ0n) is 12.6. The number of nitrogens with zero attached hydrogens (tertiary/aromatic N) is 1. The molecule has 108 valence electrons. The van der Waals surface area contributed by atoms with Gasteiger partial charge >= 0.3 is 51.4 Å². The fraction of sp³-hybridized carbons (Fsp3) is 0. The van der Waals surface area contributed by atoms with Crippen LogP contribution in [0.15, 0.2) is 65.7 Å². The van der Waals surface area contributed by atoms with E-state index >= 15 is 0 Å². The molecule has 5 heteroatoms. The molecule has 0 aliphatic heterocycles. The van der Waals surface area contributed by atoms with E-state index in [9.17, 15) is 15.0 Å². The summed E-state index contributed by atoms with van der Waals surface area (Å²) in [5, 5.41) is 22.6. The van der Waals surface area contributed by atoms with Gasteiger partial charge in [-0.2, -0.15) is 0 Å². The standard InChI is InChI=1S/C18H13NO3.K/c20-17-10-7-12-3-1-2-4-15(12)16(17)11-19-14-8-5-13(6-9-14)18(21)22;/h1-11,20H,(H,21,22);/q;+1/p-1. The normalized spacial score (nSPS) is 10.6. The molecule has 0 fully saturated rings. The van der Waals surface area contributed by atoms with Crippen molar-refractivity contribution in [3.05, 3.63) is 71.8 Å². The molecule has 0 heterocycles. The third-order valence-corrected chi connectivity index (χ3v) is 3.39. The van der Waals surface area contributed by atoms with Gasteiger partial charge in [-0.3, -0.25) is 4.99 Å². The number of rotatable bonds is 3. The summed E-state index contributed by atoms with van der Waals surface area (Å²) in [6.45, 7) is 0. The SMILES string of the molecule is O=C([O-])c1ccc(N=Cc2c(O)ccc3ccccc23)cc1.[K+]. The Morgan fingerprint density at radius 1 is 1.00 bits per heavy atom. The van der Waals surface area contributed by atoms with E-state index in [1.165, 1.54) is 12.1 Å². The number of aromatic hydroxyl groups is 1. The minimum atomic E-state index is -1.22. The van der Waals surface area contributed by atoms with E-state index < -0.39 is 5.97 Å². The molecular weight excluding hydrogens is 317 g/mol. The number of benzene rings is 3. The second kappa shape index (κ2) is 7.85. The largest absolute Gasteiger partial charge is 1.00 e. The Kier molecular flexibility index (Phi) is 6.09. The van der Waals surface area contributed by atoms with E-state index in [1.54, 1.807) is 24.4 Å². The van der Waals surface area contributed by atoms with Crippen LogP contribution in [0.1, 0.15) is 15.9 Å². The third kappa shape index (κ3) is 4.07. The maximum absolute atomic E-state index is 10.7. The number of phenolic OH excluding ortho intramolecular Hbond substituents is 1. The van der Waals surface area contributed by atoms with Crippen LogP contribution in [0.4, 0.5) is 5.69 Å². The second-order valence-corrected chi connectivity index (χ2v) is 4.81. The molecule has 0 aliphatic carbocycles. The summed E-state index contributed by atoms with van der Waals surface area (Å²) < 4.78 is 0. The smallest absolute Gasteiger partial charge is 0.545 e. The average molecular weight is 329 g/mol. The van der Waals surface area contributed by atoms with Crippen molar-refractivity contribution in [2.24, 2.45) is 4.99 Å². The maximum Gasteiger partial charge on any atom is 1.00 e. The van der Waals surface area contributed by atoms with Gasteiger partial charge in [0.15, 0.2) is 0 Å². The Morgan fingerprint density at radius 3 is 2.39 bits per heavy atom. The van der Waals surface area contributed by atoms with Gasteiger partial charge in [0.25, 0.3) is 0 Å². The van der Waals surface area contributed by atoms with Gasteiger partial charge in [-0.15, -0.1) is 0 Å². The van der Waals surface area contributed by atoms with Gasteiger partial charge in [0.2, 0.25) is 0 Å². The molecule has 0 saturated carbocycles. The number of phenols is 1. The van der Waals surface area contributed by atoms with Crippen LogP contribution in [0.25, 0.3) is 10.8 Å². The van der Waals surface area contributed by atoms with Crippen LogP contribution >= 0.6 is 0 Å². The van der Waals surface area contributed by atoms with Gasteiger partial charge in [-0.05, 0) is 34.5 Å². The molecule has 3 aromatic carbocycles. The number of fused-ring (bicyclic) bond motifs is 1. The van der Waals surface area contributed by atoms with Gasteiger partial charge < -0.3 is 15.0 Å². The van der Waals surface area contributed by atoms with E-state index in [-0.39, 0.29) is 62.7 Å². The van der Waals surface area contributed by atoms with Gasteiger partial charge in [-0.1, -0.05) is 42.5 Å². The number of carbonyl (C=O) groups is 1. The molecule has 0 atom stereocenters. The molecule has 1 N–H and O–H groups in total. The maximum atomic E-state index is 10.7. The fourth-order valence-electron chi connectivity index (χ4n) is 2.24. The van der Waals surface area contributed by atoms with Crippen LogP contribution in [-0.4, -0.2) is 17.3 Å². The van der Waals surface area contributed by atoms with Gasteiger partial charge in [0.05, 0.1) is 11.7 Å². The van der Waals surface area contributed by atoms with Crippen LogP contribution in [-0.2, 0) is 0 Å². The minimum Gasteiger partial charge on any atom is -0.545 e. The van der Waals surface area contributed by atoms with E-state index in [4.69, 9.17) is 0 Å². The van der Waals surface area contributed by atoms with E-state index in [2.05, 4.69) is 4.99 Å². The van der Waals surface area contributed by atoms with Gasteiger partial charge in [0, 0.05) is 11.8 Å². The Morgan fingerprint density at radius 2 is 1.70 bits per heavy atom. The van der Waals surface area contributed by atoms with Crippen LogP contribution in [0, 0.1) is 0 Å². The molecule has 0 bridgehead atoms. The minimum absolute atomic E-state index is 0. The molecule has 0 radical (unpaired) electrons. The summed E-state index contributed by atoms with van der Waals surface area (Å²) >= 11 is 0. The fourth-order valence-corrected chi connectivity index (χ4v) is 2.24. The van der Waals surface area contributed by atoms with Crippen molar-refractivity contribution in [3.63, 3.8) is 0 Å². The first-order chi connectivity index (χ1) is 10.6. The summed E-state index contributed by atoms with van der Waals surface area (Å²) in [6, 6.07) is 17.2. The summed E-state index contributed by atoms with van der Waals surface area (Å²) in [5.41, 5.74) is 1.33. The molecule has 0 aromatic heterocycles. The number of hydrogen-bond acceptors (Lipinski definition) is 4. The van der Waals surface area contributed by atoms with Crippen LogP contribution < -0.4 is 56.5 Å². The van der Waals surface area contributed by atoms with Crippen LogP contribution in [0.5, 0.6) is 5.75 Å². The molecule has 0 spiro atoms. The topological polar surface area (TPSA) is 72.7 Å². The van der Waals surface area contributed by atoms with Crippen molar-refractivity contribution in [1.29, 1.82) is 0 Å². The zero-order chi connectivity index (χ0) is 15.5. The van der Waals surface area contributed by atoms with Crippen molar-refractivity contribution in [3.8, 4) is 5.75 Å². The van der Waals surface area contributed by atoms with E-state index in [0.717, 1.165) is 10.8 Å². The number of carboxylic acids is 1. The summed E-state index contributed by atoms with van der Waals surface area (Å²) in [7, 11) is 0. The Bertz CT molecular complexity index is 873. The van der Waals surface area contributed by atoms with Crippen LogP contribution in [0.2, 0.25) is 0 Å². The quantitative estimate of drug-likeness (QED) is 0.528. The molecule has 0 unspecified atom stereocenters. The molecule has 23 heavy (non-hydrogen) atoms. The van der Waals surface area contributed by atoms with Gasteiger partial charge in [0.1, 0.15) is 5.75 Å². The number of carboxylic acid groups (broad SMARTS) is 1. The monoisotopic (exact) mass is 329 g/mol. The number of aromatic carboxylic acids is 1. The van der Waals surface area contributed by atoms with Crippen LogP contribution in [0.3, 0.4) is 0 Å². The second-order valence-electron chi connectivity index (χ2n) is 4.81. The number of hydrogen-bond donors (Lipinski definition) is 1. The summed E-state index contributed by atoms with van der Waals surface area (Å²) in [6.07, 6.45) is 1.58. The van der Waals surface area contributed by atoms with Crippen molar-refractivity contribution in [2.75, 3.05) is 0 Å². The average Bonchev–Trinajstić information content (AvgIpc) is 2.54. The van der Waals surface area contributed by atoms with Crippen molar-refractivity contribution >= 4 is 28.6 Å².